The van der Waals surface area contributed by atoms with Gasteiger partial charge in [0.25, 0.3) is 0 Å². The van der Waals surface area contributed by atoms with Gasteiger partial charge in [-0.25, -0.2) is 0 Å². The van der Waals surface area contributed by atoms with E-state index in [0.717, 1.165) is 18.8 Å². The number of ether oxygens (including phenoxy) is 2. The van der Waals surface area contributed by atoms with Crippen molar-refractivity contribution in [2.24, 2.45) is 0 Å². The fourth-order valence-electron chi connectivity index (χ4n) is 1.25. The molecule has 0 aliphatic rings. The lowest BCUT2D eigenvalue weighted by Gasteiger charge is -2.04. The van der Waals surface area contributed by atoms with E-state index in [1.165, 1.54) is 9.14 Å². The van der Waals surface area contributed by atoms with Crippen molar-refractivity contribution in [3.05, 3.63) is 39.5 Å². The maximum absolute atomic E-state index is 5.55. The number of benzene rings is 1. The van der Waals surface area contributed by atoms with Crippen LogP contribution in [-0.4, -0.2) is 13.7 Å². The Balaban J connectivity index is 2.24. The van der Waals surface area contributed by atoms with Gasteiger partial charge in [0.15, 0.2) is 0 Å². The van der Waals surface area contributed by atoms with E-state index in [9.17, 15) is 0 Å². The lowest BCUT2D eigenvalue weighted by atomic mass is 10.2. The summed E-state index contributed by atoms with van der Waals surface area (Å²) >= 11 is 2.31. The van der Waals surface area contributed by atoms with E-state index in [2.05, 4.69) is 35.6 Å². The molecule has 3 heteroatoms. The predicted octanol–water partition coefficient (Wildman–Crippen LogP) is 3.94. The molecule has 2 nitrogen and oxygen atoms in total. The summed E-state index contributed by atoms with van der Waals surface area (Å²) in [6.07, 6.45) is 3.15. The van der Waals surface area contributed by atoms with Gasteiger partial charge in [0.1, 0.15) is 5.75 Å². The summed E-state index contributed by atoms with van der Waals surface area (Å²) in [5, 5.41) is 0. The normalized spacial score (nSPS) is 11.6. The first-order valence-corrected chi connectivity index (χ1v) is 6.33. The molecule has 0 radical (unpaired) electrons. The van der Waals surface area contributed by atoms with Gasteiger partial charge in [-0.2, -0.15) is 0 Å². The molecule has 0 aromatic heterocycles. The van der Waals surface area contributed by atoms with Crippen LogP contribution in [0.25, 0.3) is 0 Å². The van der Waals surface area contributed by atoms with Gasteiger partial charge in [-0.05, 0) is 57.2 Å². The van der Waals surface area contributed by atoms with Gasteiger partial charge in [-0.15, -0.1) is 0 Å². The summed E-state index contributed by atoms with van der Waals surface area (Å²) in [5.41, 5.74) is 1.18. The van der Waals surface area contributed by atoms with E-state index >= 15 is 0 Å². The van der Waals surface area contributed by atoms with E-state index < -0.39 is 0 Å². The van der Waals surface area contributed by atoms with Crippen LogP contribution < -0.4 is 4.74 Å². The highest BCUT2D eigenvalue weighted by atomic mass is 127. The van der Waals surface area contributed by atoms with Crippen LogP contribution in [-0.2, 0) is 11.3 Å². The van der Waals surface area contributed by atoms with Gasteiger partial charge in [0.05, 0.1) is 20.3 Å². The smallest absolute Gasteiger partial charge is 0.118 e. The fraction of sp³-hybridized carbons (Fsp3) is 0.385. The lowest BCUT2D eigenvalue weighted by Crippen LogP contribution is -1.94. The molecule has 0 heterocycles. The topological polar surface area (TPSA) is 18.5 Å². The van der Waals surface area contributed by atoms with Crippen LogP contribution in [0.15, 0.2) is 33.9 Å². The first-order valence-electron chi connectivity index (χ1n) is 5.25. The summed E-state index contributed by atoms with van der Waals surface area (Å²) in [6.45, 7) is 3.52. The molecule has 0 unspecified atom stereocenters. The van der Waals surface area contributed by atoms with Gasteiger partial charge >= 0.3 is 0 Å². The molecule has 0 amide bonds. The minimum Gasteiger partial charge on any atom is -0.497 e. The molecular formula is C13H17IO2. The zero-order chi connectivity index (χ0) is 11.8. The largest absolute Gasteiger partial charge is 0.497 e. The van der Waals surface area contributed by atoms with Gasteiger partial charge in [0.2, 0.25) is 0 Å². The number of halogens is 1. The highest BCUT2D eigenvalue weighted by Crippen LogP contribution is 2.12. The average Bonchev–Trinajstić information content (AvgIpc) is 2.29. The van der Waals surface area contributed by atoms with Crippen LogP contribution in [0.2, 0.25) is 0 Å². The summed E-state index contributed by atoms with van der Waals surface area (Å²) in [6, 6.07) is 7.96. The second-order valence-corrected chi connectivity index (χ2v) is 5.18. The zero-order valence-corrected chi connectivity index (χ0v) is 11.9. The van der Waals surface area contributed by atoms with Crippen LogP contribution in [0.3, 0.4) is 0 Å². The third-order valence-corrected chi connectivity index (χ3v) is 2.56. The van der Waals surface area contributed by atoms with Crippen molar-refractivity contribution in [2.45, 2.75) is 20.0 Å². The molecule has 88 valence electrons. The highest BCUT2D eigenvalue weighted by molar-refractivity contribution is 14.1. The van der Waals surface area contributed by atoms with Gasteiger partial charge in [0, 0.05) is 0 Å². The maximum Gasteiger partial charge on any atom is 0.118 e. The van der Waals surface area contributed by atoms with Crippen LogP contribution >= 0.6 is 22.6 Å². The third kappa shape index (κ3) is 5.51. The maximum atomic E-state index is 5.55. The van der Waals surface area contributed by atoms with Crippen molar-refractivity contribution in [1.82, 2.24) is 0 Å². The Labute approximate surface area is 111 Å². The Bertz CT molecular complexity index is 326. The SMILES string of the molecule is COc1ccc(COCCC=C(C)I)cc1. The van der Waals surface area contributed by atoms with Crippen molar-refractivity contribution >= 4 is 22.6 Å². The minimum atomic E-state index is 0.665. The monoisotopic (exact) mass is 332 g/mol. The first-order chi connectivity index (χ1) is 7.72. The van der Waals surface area contributed by atoms with Crippen molar-refractivity contribution in [2.75, 3.05) is 13.7 Å². The van der Waals surface area contributed by atoms with Crippen molar-refractivity contribution in [3.63, 3.8) is 0 Å². The molecule has 0 bridgehead atoms. The molecule has 0 N–H and O–H groups in total. The zero-order valence-electron chi connectivity index (χ0n) is 9.70. The Morgan fingerprint density at radius 1 is 1.31 bits per heavy atom. The Morgan fingerprint density at radius 3 is 2.56 bits per heavy atom. The second-order valence-electron chi connectivity index (χ2n) is 3.48. The summed E-state index contributed by atoms with van der Waals surface area (Å²) in [7, 11) is 1.67. The van der Waals surface area contributed by atoms with Crippen molar-refractivity contribution in [3.8, 4) is 5.75 Å². The summed E-state index contributed by atoms with van der Waals surface area (Å²) in [5.74, 6) is 0.882. The molecule has 1 aromatic carbocycles. The van der Waals surface area contributed by atoms with Crippen molar-refractivity contribution < 1.29 is 9.47 Å². The van der Waals surface area contributed by atoms with Crippen LogP contribution in [0.4, 0.5) is 0 Å². The minimum absolute atomic E-state index is 0.665. The molecule has 16 heavy (non-hydrogen) atoms. The quantitative estimate of drug-likeness (QED) is 0.580. The first kappa shape index (κ1) is 13.5. The van der Waals surface area contributed by atoms with Crippen LogP contribution in [0, 0.1) is 0 Å². The summed E-state index contributed by atoms with van der Waals surface area (Å²) < 4.78 is 12.0. The van der Waals surface area contributed by atoms with Gasteiger partial charge < -0.3 is 9.47 Å². The molecule has 0 atom stereocenters. The number of hydrogen-bond donors (Lipinski definition) is 0. The van der Waals surface area contributed by atoms with E-state index in [1.807, 2.05) is 24.3 Å². The average molecular weight is 332 g/mol. The molecule has 0 spiro atoms. The highest BCUT2D eigenvalue weighted by Gasteiger charge is 1.94. The Kier molecular flexibility index (Phi) is 6.49. The number of rotatable bonds is 6. The lowest BCUT2D eigenvalue weighted by molar-refractivity contribution is 0.125. The standard InChI is InChI=1S/C13H17IO2/c1-11(14)4-3-9-16-10-12-5-7-13(15-2)8-6-12/h4-8H,3,9-10H2,1-2H3. The molecule has 0 fully saturated rings. The van der Waals surface area contributed by atoms with E-state index in [4.69, 9.17) is 9.47 Å². The fourth-order valence-corrected chi connectivity index (χ4v) is 1.56. The third-order valence-electron chi connectivity index (χ3n) is 2.12. The molecule has 0 aliphatic heterocycles. The Hall–Kier alpha value is -0.550. The van der Waals surface area contributed by atoms with Crippen molar-refractivity contribution in [1.29, 1.82) is 0 Å². The van der Waals surface area contributed by atoms with Gasteiger partial charge in [-0.1, -0.05) is 18.2 Å². The van der Waals surface area contributed by atoms with Gasteiger partial charge in [-0.3, -0.25) is 0 Å². The number of allylic oxidation sites excluding steroid dienone is 1. The molecule has 1 rings (SSSR count). The molecule has 1 aromatic rings. The van der Waals surface area contributed by atoms with Crippen LogP contribution in [0.1, 0.15) is 18.9 Å². The molecule has 0 aliphatic carbocycles. The number of methoxy groups -OCH3 is 1. The molecule has 0 saturated heterocycles. The predicted molar refractivity (Wildman–Crippen MR) is 75.0 cm³/mol. The van der Waals surface area contributed by atoms with Crippen LogP contribution in [0.5, 0.6) is 5.75 Å². The number of hydrogen-bond acceptors (Lipinski definition) is 2. The van der Waals surface area contributed by atoms with E-state index in [1.54, 1.807) is 7.11 Å². The van der Waals surface area contributed by atoms with E-state index in [0.29, 0.717) is 6.61 Å². The molecule has 0 saturated carbocycles. The Morgan fingerprint density at radius 2 is 2.00 bits per heavy atom. The summed E-state index contributed by atoms with van der Waals surface area (Å²) in [4.78, 5) is 0. The van der Waals surface area contributed by atoms with E-state index in [-0.39, 0.29) is 0 Å². The molecular weight excluding hydrogens is 315 g/mol. The second kappa shape index (κ2) is 7.68.